The highest BCUT2D eigenvalue weighted by Gasteiger charge is 2.28. The molecule has 0 bridgehead atoms. The van der Waals surface area contributed by atoms with Crippen LogP contribution in [0.1, 0.15) is 34.6 Å². The van der Waals surface area contributed by atoms with Crippen LogP contribution in [-0.4, -0.2) is 8.80 Å². The SMILES string of the molecule is CC(C)C[SiH](c1ccccc1)C(C)(C)C. The first-order chi connectivity index (χ1) is 6.91. The predicted octanol–water partition coefficient (Wildman–Crippen LogP) is 3.58. The molecule has 0 fully saturated rings. The van der Waals surface area contributed by atoms with E-state index in [0.717, 1.165) is 5.92 Å². The Morgan fingerprint density at radius 2 is 1.60 bits per heavy atom. The lowest BCUT2D eigenvalue weighted by Crippen LogP contribution is -2.39. The third kappa shape index (κ3) is 3.82. The number of rotatable bonds is 3. The fourth-order valence-electron chi connectivity index (χ4n) is 2.15. The Labute approximate surface area is 96.3 Å². The second-order valence-electron chi connectivity index (χ2n) is 5.96. The summed E-state index contributed by atoms with van der Waals surface area (Å²) in [6, 6.07) is 12.5. The van der Waals surface area contributed by atoms with E-state index >= 15 is 0 Å². The molecule has 1 aromatic rings. The predicted molar refractivity (Wildman–Crippen MR) is 72.6 cm³/mol. The zero-order valence-corrected chi connectivity index (χ0v) is 11.9. The molecule has 1 atom stereocenters. The first-order valence-corrected chi connectivity index (χ1v) is 7.93. The van der Waals surface area contributed by atoms with Crippen LogP contribution in [0.25, 0.3) is 0 Å². The molecule has 0 spiro atoms. The topological polar surface area (TPSA) is 0 Å². The lowest BCUT2D eigenvalue weighted by molar-refractivity contribution is 0.679. The maximum absolute atomic E-state index is 2.40. The van der Waals surface area contributed by atoms with E-state index in [1.165, 1.54) is 6.04 Å². The summed E-state index contributed by atoms with van der Waals surface area (Å²) in [6.45, 7) is 11.9. The Morgan fingerprint density at radius 3 is 2.00 bits per heavy atom. The Hall–Kier alpha value is -0.563. The normalized spacial score (nSPS) is 14.3. The van der Waals surface area contributed by atoms with Crippen molar-refractivity contribution in [2.45, 2.75) is 45.7 Å². The average Bonchev–Trinajstić information content (AvgIpc) is 2.14. The summed E-state index contributed by atoms with van der Waals surface area (Å²) in [5.74, 6) is 0.820. The Bertz CT molecular complexity index is 282. The molecule has 0 aromatic heterocycles. The Balaban J connectivity index is 2.92. The van der Waals surface area contributed by atoms with Gasteiger partial charge in [0.05, 0.1) is 8.80 Å². The fourth-order valence-corrected chi connectivity index (χ4v) is 5.76. The monoisotopic (exact) mass is 220 g/mol. The Morgan fingerprint density at radius 1 is 1.07 bits per heavy atom. The molecular weight excluding hydrogens is 196 g/mol. The minimum Gasteiger partial charge on any atom is -0.0633 e. The van der Waals surface area contributed by atoms with Crippen LogP contribution < -0.4 is 5.19 Å². The highest BCUT2D eigenvalue weighted by molar-refractivity contribution is 6.75. The maximum Gasteiger partial charge on any atom is 0.0763 e. The molecule has 0 N–H and O–H groups in total. The van der Waals surface area contributed by atoms with Crippen molar-refractivity contribution in [2.75, 3.05) is 0 Å². The minimum atomic E-state index is -0.838. The highest BCUT2D eigenvalue weighted by atomic mass is 28.3. The molecule has 0 amide bonds. The van der Waals surface area contributed by atoms with Crippen LogP contribution in [0, 0.1) is 5.92 Å². The number of hydrogen-bond donors (Lipinski definition) is 0. The van der Waals surface area contributed by atoms with Gasteiger partial charge in [0.25, 0.3) is 0 Å². The van der Waals surface area contributed by atoms with Gasteiger partial charge < -0.3 is 0 Å². The van der Waals surface area contributed by atoms with Gasteiger partial charge in [-0.3, -0.25) is 0 Å². The molecule has 0 nitrogen and oxygen atoms in total. The van der Waals surface area contributed by atoms with Gasteiger partial charge in [-0.1, -0.05) is 76.2 Å². The quantitative estimate of drug-likeness (QED) is 0.683. The van der Waals surface area contributed by atoms with Crippen LogP contribution in [-0.2, 0) is 0 Å². The van der Waals surface area contributed by atoms with Crippen LogP contribution in [0.4, 0.5) is 0 Å². The first-order valence-electron chi connectivity index (χ1n) is 5.96. The smallest absolute Gasteiger partial charge is 0.0633 e. The third-order valence-electron chi connectivity index (χ3n) is 2.95. The molecule has 1 unspecified atom stereocenters. The van der Waals surface area contributed by atoms with Gasteiger partial charge in [-0.15, -0.1) is 0 Å². The van der Waals surface area contributed by atoms with Gasteiger partial charge in [0, 0.05) is 0 Å². The van der Waals surface area contributed by atoms with Crippen LogP contribution in [0.15, 0.2) is 30.3 Å². The van der Waals surface area contributed by atoms with E-state index in [-0.39, 0.29) is 0 Å². The molecule has 0 saturated carbocycles. The number of benzene rings is 1. The standard InChI is InChI=1S/C14H24Si/c1-12(2)11-15(14(3,4)5)13-9-7-6-8-10-13/h6-10,12,15H,11H2,1-5H3. The molecule has 15 heavy (non-hydrogen) atoms. The Kier molecular flexibility index (Phi) is 4.15. The van der Waals surface area contributed by atoms with E-state index in [9.17, 15) is 0 Å². The van der Waals surface area contributed by atoms with Crippen LogP contribution in [0.2, 0.25) is 11.1 Å². The molecule has 0 heterocycles. The van der Waals surface area contributed by atoms with Crippen molar-refractivity contribution < 1.29 is 0 Å². The van der Waals surface area contributed by atoms with Crippen molar-refractivity contribution in [3.05, 3.63) is 30.3 Å². The van der Waals surface area contributed by atoms with Crippen LogP contribution in [0.5, 0.6) is 0 Å². The number of hydrogen-bond acceptors (Lipinski definition) is 0. The van der Waals surface area contributed by atoms with Crippen molar-refractivity contribution in [3.63, 3.8) is 0 Å². The third-order valence-corrected chi connectivity index (χ3v) is 7.65. The fraction of sp³-hybridized carbons (Fsp3) is 0.571. The van der Waals surface area contributed by atoms with Crippen molar-refractivity contribution in [3.8, 4) is 0 Å². The van der Waals surface area contributed by atoms with Crippen LogP contribution in [0.3, 0.4) is 0 Å². The summed E-state index contributed by atoms with van der Waals surface area (Å²) in [5.41, 5.74) is 0. The molecule has 0 aliphatic heterocycles. The molecular formula is C14H24Si. The van der Waals surface area contributed by atoms with Gasteiger partial charge in [-0.25, -0.2) is 0 Å². The van der Waals surface area contributed by atoms with Gasteiger partial charge in [-0.05, 0) is 11.0 Å². The average molecular weight is 220 g/mol. The summed E-state index contributed by atoms with van der Waals surface area (Å²) in [5, 5.41) is 2.12. The van der Waals surface area contributed by atoms with Gasteiger partial charge >= 0.3 is 0 Å². The molecule has 1 aromatic carbocycles. The van der Waals surface area contributed by atoms with E-state index in [4.69, 9.17) is 0 Å². The molecule has 1 rings (SSSR count). The zero-order chi connectivity index (χ0) is 11.5. The largest absolute Gasteiger partial charge is 0.0763 e. The summed E-state index contributed by atoms with van der Waals surface area (Å²) in [4.78, 5) is 0. The lowest BCUT2D eigenvalue weighted by Gasteiger charge is -2.31. The zero-order valence-electron chi connectivity index (χ0n) is 10.7. The summed E-state index contributed by atoms with van der Waals surface area (Å²) in [7, 11) is -0.838. The van der Waals surface area contributed by atoms with E-state index in [1.54, 1.807) is 5.19 Å². The summed E-state index contributed by atoms with van der Waals surface area (Å²) < 4.78 is 0. The second-order valence-corrected chi connectivity index (χ2v) is 9.93. The molecule has 0 saturated heterocycles. The minimum absolute atomic E-state index is 0.492. The van der Waals surface area contributed by atoms with E-state index < -0.39 is 8.80 Å². The van der Waals surface area contributed by atoms with Crippen molar-refractivity contribution in [2.24, 2.45) is 5.92 Å². The van der Waals surface area contributed by atoms with Gasteiger partial charge in [0.2, 0.25) is 0 Å². The van der Waals surface area contributed by atoms with E-state index in [2.05, 4.69) is 65.0 Å². The van der Waals surface area contributed by atoms with Crippen LogP contribution >= 0.6 is 0 Å². The van der Waals surface area contributed by atoms with Gasteiger partial charge in [0.1, 0.15) is 0 Å². The first kappa shape index (κ1) is 12.5. The molecule has 84 valence electrons. The van der Waals surface area contributed by atoms with Crippen molar-refractivity contribution >= 4 is 14.0 Å². The van der Waals surface area contributed by atoms with Crippen molar-refractivity contribution in [1.29, 1.82) is 0 Å². The summed E-state index contributed by atoms with van der Waals surface area (Å²) >= 11 is 0. The molecule has 0 aliphatic rings. The summed E-state index contributed by atoms with van der Waals surface area (Å²) in [6.07, 6.45) is 0. The highest BCUT2D eigenvalue weighted by Crippen LogP contribution is 2.30. The van der Waals surface area contributed by atoms with E-state index in [1.807, 2.05) is 0 Å². The van der Waals surface area contributed by atoms with E-state index in [0.29, 0.717) is 5.04 Å². The molecule has 0 radical (unpaired) electrons. The van der Waals surface area contributed by atoms with Gasteiger partial charge in [0.15, 0.2) is 0 Å². The lowest BCUT2D eigenvalue weighted by atomic mass is 10.2. The van der Waals surface area contributed by atoms with Gasteiger partial charge in [-0.2, -0.15) is 0 Å². The maximum atomic E-state index is 2.40. The van der Waals surface area contributed by atoms with Crippen molar-refractivity contribution in [1.82, 2.24) is 0 Å². The molecule has 1 heteroatoms. The second kappa shape index (κ2) is 4.98. The molecule has 0 aliphatic carbocycles.